The highest BCUT2D eigenvalue weighted by Gasteiger charge is 2.27. The molecular weight excluding hydrogens is 293 g/mol. The van der Waals surface area contributed by atoms with Gasteiger partial charge in [0.05, 0.1) is 5.69 Å². The average Bonchev–Trinajstić information content (AvgIpc) is 2.98. The van der Waals surface area contributed by atoms with Crippen LogP contribution in [0.3, 0.4) is 0 Å². The van der Waals surface area contributed by atoms with Crippen LogP contribution >= 0.6 is 0 Å². The molecule has 0 saturated carbocycles. The molecule has 1 aromatic heterocycles. The minimum absolute atomic E-state index is 0.0883. The maximum absolute atomic E-state index is 13.3. The van der Waals surface area contributed by atoms with Gasteiger partial charge in [-0.05, 0) is 36.6 Å². The molecule has 0 amide bonds. The van der Waals surface area contributed by atoms with Crippen LogP contribution in [0.15, 0.2) is 36.4 Å². The van der Waals surface area contributed by atoms with Crippen molar-refractivity contribution in [3.63, 3.8) is 0 Å². The van der Waals surface area contributed by atoms with Crippen LogP contribution in [0.2, 0.25) is 0 Å². The average molecular weight is 313 g/mol. The van der Waals surface area contributed by atoms with Crippen molar-refractivity contribution in [1.82, 2.24) is 10.3 Å². The number of benzene rings is 1. The Morgan fingerprint density at radius 2 is 2.04 bits per heavy atom. The Morgan fingerprint density at radius 1 is 1.17 bits per heavy atom. The van der Waals surface area contributed by atoms with Gasteiger partial charge < -0.3 is 15.0 Å². The molecule has 1 atom stereocenters. The number of nitrogens with one attached hydrogen (secondary N) is 1. The summed E-state index contributed by atoms with van der Waals surface area (Å²) in [5.41, 5.74) is 2.25. The molecule has 23 heavy (non-hydrogen) atoms. The molecular formula is C18H20FN3O. The van der Waals surface area contributed by atoms with Crippen LogP contribution in [0.1, 0.15) is 23.8 Å². The van der Waals surface area contributed by atoms with Crippen LogP contribution < -0.4 is 15.0 Å². The van der Waals surface area contributed by atoms with E-state index in [-0.39, 0.29) is 11.9 Å². The zero-order valence-electron chi connectivity index (χ0n) is 13.0. The van der Waals surface area contributed by atoms with E-state index in [1.807, 2.05) is 0 Å². The highest BCUT2D eigenvalue weighted by atomic mass is 19.1. The Bertz CT molecular complexity index is 700. The smallest absolute Gasteiger partial charge is 0.141 e. The summed E-state index contributed by atoms with van der Waals surface area (Å²) in [4.78, 5) is 7.16. The number of hydrogen-bond donors (Lipinski definition) is 1. The van der Waals surface area contributed by atoms with Gasteiger partial charge >= 0.3 is 0 Å². The lowest BCUT2D eigenvalue weighted by Crippen LogP contribution is -2.44. The summed E-state index contributed by atoms with van der Waals surface area (Å²) in [5.74, 6) is 1.31. The first kappa shape index (κ1) is 14.5. The molecule has 1 N–H and O–H groups in total. The molecule has 0 radical (unpaired) electrons. The van der Waals surface area contributed by atoms with E-state index in [0.717, 1.165) is 50.5 Å². The fourth-order valence-electron chi connectivity index (χ4n) is 3.30. The summed E-state index contributed by atoms with van der Waals surface area (Å²) in [7, 11) is 0. The molecule has 5 heteroatoms. The van der Waals surface area contributed by atoms with Crippen molar-refractivity contribution in [3.05, 3.63) is 53.5 Å². The second-order valence-electron chi connectivity index (χ2n) is 6.05. The molecule has 1 aromatic carbocycles. The second kappa shape index (κ2) is 6.16. The molecule has 120 valence electrons. The standard InChI is InChI=1S/C18H20FN3O/c19-14-2-1-3-15(12-14)23-16-6-4-13-5-7-17(21-18(13)16)22-10-8-20-9-11-22/h1-3,5,7,12,16,20H,4,6,8-11H2/t16-/m0/s1. The van der Waals surface area contributed by atoms with E-state index in [9.17, 15) is 4.39 Å². The topological polar surface area (TPSA) is 37.4 Å². The fraction of sp³-hybridized carbons (Fsp3) is 0.389. The molecule has 4 nitrogen and oxygen atoms in total. The molecule has 1 saturated heterocycles. The van der Waals surface area contributed by atoms with E-state index in [0.29, 0.717) is 5.75 Å². The van der Waals surface area contributed by atoms with Gasteiger partial charge in [0.1, 0.15) is 23.5 Å². The van der Waals surface area contributed by atoms with Gasteiger partial charge in [0, 0.05) is 32.2 Å². The fourth-order valence-corrected chi connectivity index (χ4v) is 3.30. The monoisotopic (exact) mass is 313 g/mol. The summed E-state index contributed by atoms with van der Waals surface area (Å²) >= 11 is 0. The Balaban J connectivity index is 1.57. The normalized spacial score (nSPS) is 20.4. The Morgan fingerprint density at radius 3 is 2.87 bits per heavy atom. The minimum Gasteiger partial charge on any atom is -0.484 e. The molecule has 1 aliphatic carbocycles. The van der Waals surface area contributed by atoms with Crippen molar-refractivity contribution in [2.24, 2.45) is 0 Å². The summed E-state index contributed by atoms with van der Waals surface area (Å²) in [5, 5.41) is 3.35. The first-order chi connectivity index (χ1) is 11.3. The SMILES string of the molecule is Fc1cccc(O[C@H]2CCc3ccc(N4CCNCC4)nc32)c1. The number of nitrogens with zero attached hydrogens (tertiary/aromatic N) is 2. The largest absolute Gasteiger partial charge is 0.484 e. The van der Waals surface area contributed by atoms with Gasteiger partial charge in [-0.25, -0.2) is 9.37 Å². The maximum atomic E-state index is 13.3. The predicted octanol–water partition coefficient (Wildman–Crippen LogP) is 2.70. The Labute approximate surface area is 135 Å². The molecule has 0 bridgehead atoms. The third-order valence-corrected chi connectivity index (χ3v) is 4.49. The van der Waals surface area contributed by atoms with Crippen LogP contribution in [0.4, 0.5) is 10.2 Å². The van der Waals surface area contributed by atoms with Crippen molar-refractivity contribution in [2.45, 2.75) is 18.9 Å². The van der Waals surface area contributed by atoms with Crippen LogP contribution in [0, 0.1) is 5.82 Å². The molecule has 2 aliphatic rings. The molecule has 4 rings (SSSR count). The van der Waals surface area contributed by atoms with E-state index < -0.39 is 0 Å². The molecule has 2 aromatic rings. The number of pyridine rings is 1. The van der Waals surface area contributed by atoms with Gasteiger partial charge in [-0.3, -0.25) is 0 Å². The van der Waals surface area contributed by atoms with Crippen LogP contribution in [-0.2, 0) is 6.42 Å². The third kappa shape index (κ3) is 3.01. The highest BCUT2D eigenvalue weighted by Crippen LogP contribution is 2.35. The summed E-state index contributed by atoms with van der Waals surface area (Å²) in [6.07, 6.45) is 1.77. The van der Waals surface area contributed by atoms with Crippen molar-refractivity contribution in [1.29, 1.82) is 0 Å². The van der Waals surface area contributed by atoms with Gasteiger partial charge in [0.15, 0.2) is 0 Å². The first-order valence-electron chi connectivity index (χ1n) is 8.17. The summed E-state index contributed by atoms with van der Waals surface area (Å²) in [6, 6.07) is 10.6. The number of ether oxygens (including phenoxy) is 1. The van der Waals surface area contributed by atoms with Crippen LogP contribution in [0.5, 0.6) is 5.75 Å². The zero-order chi connectivity index (χ0) is 15.6. The number of aryl methyl sites for hydroxylation is 1. The number of aromatic nitrogens is 1. The summed E-state index contributed by atoms with van der Waals surface area (Å²) < 4.78 is 19.3. The Kier molecular flexibility index (Phi) is 3.87. The lowest BCUT2D eigenvalue weighted by molar-refractivity contribution is 0.202. The lowest BCUT2D eigenvalue weighted by atomic mass is 10.2. The second-order valence-corrected chi connectivity index (χ2v) is 6.05. The van der Waals surface area contributed by atoms with E-state index in [2.05, 4.69) is 22.3 Å². The van der Waals surface area contributed by atoms with Crippen molar-refractivity contribution in [3.8, 4) is 5.75 Å². The third-order valence-electron chi connectivity index (χ3n) is 4.49. The molecule has 0 spiro atoms. The maximum Gasteiger partial charge on any atom is 0.141 e. The zero-order valence-corrected chi connectivity index (χ0v) is 13.0. The van der Waals surface area contributed by atoms with Crippen LogP contribution in [-0.4, -0.2) is 31.2 Å². The number of piperazine rings is 1. The van der Waals surface area contributed by atoms with Gasteiger partial charge in [-0.15, -0.1) is 0 Å². The minimum atomic E-state index is -0.275. The predicted molar refractivity (Wildman–Crippen MR) is 87.4 cm³/mol. The van der Waals surface area contributed by atoms with Gasteiger partial charge in [-0.2, -0.15) is 0 Å². The number of hydrogen-bond acceptors (Lipinski definition) is 4. The number of anilines is 1. The lowest BCUT2D eigenvalue weighted by Gasteiger charge is -2.29. The van der Waals surface area contributed by atoms with Crippen molar-refractivity contribution >= 4 is 5.82 Å². The van der Waals surface area contributed by atoms with E-state index in [1.54, 1.807) is 12.1 Å². The van der Waals surface area contributed by atoms with Gasteiger partial charge in [0.2, 0.25) is 0 Å². The van der Waals surface area contributed by atoms with E-state index in [4.69, 9.17) is 9.72 Å². The first-order valence-corrected chi connectivity index (χ1v) is 8.17. The Hall–Kier alpha value is -2.14. The van der Waals surface area contributed by atoms with Crippen molar-refractivity contribution in [2.75, 3.05) is 31.1 Å². The summed E-state index contributed by atoms with van der Waals surface area (Å²) in [6.45, 7) is 3.92. The number of fused-ring (bicyclic) bond motifs is 1. The highest BCUT2D eigenvalue weighted by molar-refractivity contribution is 5.44. The number of rotatable bonds is 3. The molecule has 1 fully saturated rings. The number of halogens is 1. The van der Waals surface area contributed by atoms with E-state index in [1.165, 1.54) is 17.7 Å². The molecule has 1 aliphatic heterocycles. The van der Waals surface area contributed by atoms with Crippen molar-refractivity contribution < 1.29 is 9.13 Å². The quantitative estimate of drug-likeness (QED) is 0.945. The van der Waals surface area contributed by atoms with Gasteiger partial charge in [0.25, 0.3) is 0 Å². The molecule has 2 heterocycles. The van der Waals surface area contributed by atoms with Crippen LogP contribution in [0.25, 0.3) is 0 Å². The van der Waals surface area contributed by atoms with Gasteiger partial charge in [-0.1, -0.05) is 12.1 Å². The van der Waals surface area contributed by atoms with E-state index >= 15 is 0 Å². The molecule has 0 unspecified atom stereocenters.